The fourth-order valence-corrected chi connectivity index (χ4v) is 6.71. The molecule has 0 aromatic heterocycles. The summed E-state index contributed by atoms with van der Waals surface area (Å²) < 4.78 is 46.7. The number of morpholine rings is 1. The fraction of sp³-hybridized carbons (Fsp3) is 0.409. The summed E-state index contributed by atoms with van der Waals surface area (Å²) in [5.41, 5.74) is 1.14. The van der Waals surface area contributed by atoms with Crippen LogP contribution in [0, 0.1) is 5.82 Å². The highest BCUT2D eigenvalue weighted by Crippen LogP contribution is 2.36. The fourth-order valence-electron chi connectivity index (χ4n) is 4.01. The first kappa shape index (κ1) is 22.3. The lowest BCUT2D eigenvalue weighted by Crippen LogP contribution is -2.48. The van der Waals surface area contributed by atoms with Crippen LogP contribution >= 0.6 is 11.8 Å². The largest absolute Gasteiger partial charge is 0.373 e. The first-order valence-electron chi connectivity index (χ1n) is 10.2. The van der Waals surface area contributed by atoms with Crippen LogP contribution < -0.4 is 5.32 Å². The molecule has 0 spiro atoms. The van der Waals surface area contributed by atoms with Crippen LogP contribution in [-0.4, -0.2) is 49.7 Å². The van der Waals surface area contributed by atoms with Gasteiger partial charge in [0.1, 0.15) is 5.82 Å². The number of thioether (sulfide) groups is 1. The lowest BCUT2D eigenvalue weighted by Gasteiger charge is -2.34. The van der Waals surface area contributed by atoms with E-state index in [4.69, 9.17) is 4.74 Å². The van der Waals surface area contributed by atoms with Crippen LogP contribution in [0.5, 0.6) is 0 Å². The Kier molecular flexibility index (Phi) is 6.39. The van der Waals surface area contributed by atoms with Crippen LogP contribution in [-0.2, 0) is 14.8 Å². The minimum absolute atomic E-state index is 0.145. The number of hydrogen-bond donors (Lipinski definition) is 1. The van der Waals surface area contributed by atoms with Crippen LogP contribution in [0.1, 0.15) is 42.2 Å². The van der Waals surface area contributed by atoms with Gasteiger partial charge >= 0.3 is 0 Å². The summed E-state index contributed by atoms with van der Waals surface area (Å²) in [4.78, 5) is 13.9. The molecule has 0 saturated carbocycles. The molecule has 2 aromatic carbocycles. The second-order valence-electron chi connectivity index (χ2n) is 7.95. The van der Waals surface area contributed by atoms with Gasteiger partial charge in [0, 0.05) is 29.3 Å². The third kappa shape index (κ3) is 4.79. The summed E-state index contributed by atoms with van der Waals surface area (Å²) in [5.74, 6) is 0.184. The van der Waals surface area contributed by atoms with E-state index in [0.717, 1.165) is 16.2 Å². The summed E-state index contributed by atoms with van der Waals surface area (Å²) in [6, 6.07) is 10.3. The standard InChI is InChI=1S/C22H25FN2O4S2/c1-14-12-25(13-15(2)29-14)31(27,28)18-6-3-16(4-7-18)22(26)24-20-9-10-30-21-8-5-17(23)11-19(20)21/h3-8,11,14-15,20H,9-10,12-13H2,1-2H3,(H,24,26)/t14-,15+,20-/m0/s1. The van der Waals surface area contributed by atoms with Gasteiger partial charge in [-0.05, 0) is 68.3 Å². The highest BCUT2D eigenvalue weighted by atomic mass is 32.2. The van der Waals surface area contributed by atoms with Crippen molar-refractivity contribution in [1.82, 2.24) is 9.62 Å². The minimum Gasteiger partial charge on any atom is -0.373 e. The van der Waals surface area contributed by atoms with Gasteiger partial charge in [-0.15, -0.1) is 11.8 Å². The molecular weight excluding hydrogens is 439 g/mol. The number of amides is 1. The summed E-state index contributed by atoms with van der Waals surface area (Å²) in [6.45, 7) is 4.29. The maximum Gasteiger partial charge on any atom is 0.251 e. The van der Waals surface area contributed by atoms with E-state index >= 15 is 0 Å². The number of hydrogen-bond acceptors (Lipinski definition) is 5. The molecule has 2 aliphatic heterocycles. The second-order valence-corrected chi connectivity index (χ2v) is 11.0. The Hall–Kier alpha value is -1.94. The molecule has 4 rings (SSSR count). The molecule has 1 amide bonds. The highest BCUT2D eigenvalue weighted by molar-refractivity contribution is 7.99. The zero-order valence-corrected chi connectivity index (χ0v) is 19.0. The molecule has 2 aliphatic rings. The van der Waals surface area contributed by atoms with Gasteiger partial charge < -0.3 is 10.1 Å². The Morgan fingerprint density at radius 1 is 1.13 bits per heavy atom. The highest BCUT2D eigenvalue weighted by Gasteiger charge is 2.32. The zero-order valence-electron chi connectivity index (χ0n) is 17.4. The quantitative estimate of drug-likeness (QED) is 0.749. The summed E-state index contributed by atoms with van der Waals surface area (Å²) in [5, 5.41) is 2.96. The van der Waals surface area contributed by atoms with Crippen molar-refractivity contribution in [2.45, 2.75) is 48.3 Å². The van der Waals surface area contributed by atoms with E-state index in [-0.39, 0.29) is 34.9 Å². The van der Waals surface area contributed by atoms with Crippen molar-refractivity contribution in [3.8, 4) is 0 Å². The van der Waals surface area contributed by atoms with Gasteiger partial charge in [0.15, 0.2) is 0 Å². The summed E-state index contributed by atoms with van der Waals surface area (Å²) >= 11 is 1.64. The number of benzene rings is 2. The van der Waals surface area contributed by atoms with Gasteiger partial charge in [0.2, 0.25) is 10.0 Å². The van der Waals surface area contributed by atoms with E-state index in [9.17, 15) is 17.6 Å². The molecule has 0 bridgehead atoms. The predicted molar refractivity (Wildman–Crippen MR) is 117 cm³/mol. The number of sulfonamides is 1. The van der Waals surface area contributed by atoms with E-state index in [1.807, 2.05) is 13.8 Å². The molecule has 0 aliphatic carbocycles. The average molecular weight is 465 g/mol. The zero-order chi connectivity index (χ0) is 22.2. The predicted octanol–water partition coefficient (Wildman–Crippen LogP) is 3.59. The molecule has 166 valence electrons. The molecule has 0 unspecified atom stereocenters. The number of ether oxygens (including phenoxy) is 1. The van der Waals surface area contributed by atoms with Crippen LogP contribution in [0.15, 0.2) is 52.3 Å². The molecule has 0 radical (unpaired) electrons. The smallest absolute Gasteiger partial charge is 0.251 e. The topological polar surface area (TPSA) is 75.7 Å². The third-order valence-corrected chi connectivity index (χ3v) is 8.43. The SMILES string of the molecule is C[C@@H]1CN(S(=O)(=O)c2ccc(C(=O)N[C@H]3CCSc4ccc(F)cc43)cc2)C[C@H](C)O1. The lowest BCUT2D eigenvalue weighted by molar-refractivity contribution is -0.0440. The average Bonchev–Trinajstić information content (AvgIpc) is 2.73. The number of nitrogens with zero attached hydrogens (tertiary/aromatic N) is 1. The molecule has 1 saturated heterocycles. The number of rotatable bonds is 4. The lowest BCUT2D eigenvalue weighted by atomic mass is 10.0. The monoisotopic (exact) mass is 464 g/mol. The van der Waals surface area contributed by atoms with Crippen LogP contribution in [0.2, 0.25) is 0 Å². The van der Waals surface area contributed by atoms with Gasteiger partial charge in [-0.1, -0.05) is 0 Å². The van der Waals surface area contributed by atoms with Gasteiger partial charge in [-0.3, -0.25) is 4.79 Å². The Morgan fingerprint density at radius 3 is 2.48 bits per heavy atom. The van der Waals surface area contributed by atoms with E-state index in [0.29, 0.717) is 25.1 Å². The first-order chi connectivity index (χ1) is 14.7. The van der Waals surface area contributed by atoms with Crippen molar-refractivity contribution < 1.29 is 22.3 Å². The van der Waals surface area contributed by atoms with Crippen molar-refractivity contribution in [2.24, 2.45) is 0 Å². The normalized spacial score (nSPS) is 24.4. The van der Waals surface area contributed by atoms with Gasteiger partial charge in [0.05, 0.1) is 23.1 Å². The van der Waals surface area contributed by atoms with E-state index < -0.39 is 10.0 Å². The molecule has 31 heavy (non-hydrogen) atoms. The van der Waals surface area contributed by atoms with Crippen molar-refractivity contribution in [2.75, 3.05) is 18.8 Å². The van der Waals surface area contributed by atoms with E-state index in [2.05, 4.69) is 5.32 Å². The molecule has 9 heteroatoms. The van der Waals surface area contributed by atoms with Crippen LogP contribution in [0.3, 0.4) is 0 Å². The summed E-state index contributed by atoms with van der Waals surface area (Å²) in [7, 11) is -3.67. The molecule has 2 heterocycles. The molecule has 1 N–H and O–H groups in total. The van der Waals surface area contributed by atoms with E-state index in [1.165, 1.54) is 40.7 Å². The Balaban J connectivity index is 1.49. The van der Waals surface area contributed by atoms with Gasteiger partial charge in [-0.25, -0.2) is 12.8 Å². The molecule has 1 fully saturated rings. The first-order valence-corrected chi connectivity index (χ1v) is 12.7. The maximum absolute atomic E-state index is 13.7. The molecule has 6 nitrogen and oxygen atoms in total. The Labute approximate surface area is 186 Å². The number of fused-ring (bicyclic) bond motifs is 1. The molecule has 2 aromatic rings. The molecule has 3 atom stereocenters. The van der Waals surface area contributed by atoms with Gasteiger partial charge in [-0.2, -0.15) is 4.31 Å². The number of nitrogens with one attached hydrogen (secondary N) is 1. The van der Waals surface area contributed by atoms with Crippen LogP contribution in [0.25, 0.3) is 0 Å². The Morgan fingerprint density at radius 2 is 1.81 bits per heavy atom. The number of carbonyl (C=O) groups is 1. The van der Waals surface area contributed by atoms with E-state index in [1.54, 1.807) is 17.8 Å². The Bertz CT molecular complexity index is 1070. The number of halogens is 1. The van der Waals surface area contributed by atoms with Gasteiger partial charge in [0.25, 0.3) is 5.91 Å². The minimum atomic E-state index is -3.67. The third-order valence-electron chi connectivity index (χ3n) is 5.46. The maximum atomic E-state index is 13.7. The van der Waals surface area contributed by atoms with Crippen molar-refractivity contribution >= 4 is 27.7 Å². The van der Waals surface area contributed by atoms with Crippen molar-refractivity contribution in [3.05, 3.63) is 59.4 Å². The second kappa shape index (κ2) is 8.90. The number of carbonyl (C=O) groups excluding carboxylic acids is 1. The van der Waals surface area contributed by atoms with Crippen molar-refractivity contribution in [3.63, 3.8) is 0 Å². The summed E-state index contributed by atoms with van der Waals surface area (Å²) in [6.07, 6.45) is 0.349. The van der Waals surface area contributed by atoms with Crippen molar-refractivity contribution in [1.29, 1.82) is 0 Å². The molecular formula is C22H25FN2O4S2. The van der Waals surface area contributed by atoms with Crippen LogP contribution in [0.4, 0.5) is 4.39 Å².